The molecule has 1 aromatic carbocycles. The second-order valence-corrected chi connectivity index (χ2v) is 4.56. The molecular formula is C14H9F5N4. The van der Waals surface area contributed by atoms with Crippen molar-refractivity contribution in [3.05, 3.63) is 52.1 Å². The van der Waals surface area contributed by atoms with Gasteiger partial charge in [-0.15, -0.1) is 0 Å². The Labute approximate surface area is 127 Å². The van der Waals surface area contributed by atoms with Crippen LogP contribution < -0.4 is 5.43 Å². The van der Waals surface area contributed by atoms with E-state index in [4.69, 9.17) is 5.26 Å². The van der Waals surface area contributed by atoms with E-state index in [9.17, 15) is 22.0 Å². The van der Waals surface area contributed by atoms with Crippen LogP contribution in [0.25, 0.3) is 0 Å². The summed E-state index contributed by atoms with van der Waals surface area (Å²) < 4.78 is 67.4. The zero-order valence-corrected chi connectivity index (χ0v) is 11.9. The molecule has 0 aliphatic heterocycles. The zero-order chi connectivity index (χ0) is 17.3. The maximum atomic E-state index is 13.4. The fourth-order valence-electron chi connectivity index (χ4n) is 1.83. The quantitative estimate of drug-likeness (QED) is 0.309. The maximum absolute atomic E-state index is 13.4. The van der Waals surface area contributed by atoms with Crippen LogP contribution in [0.1, 0.15) is 17.0 Å². The van der Waals surface area contributed by atoms with Gasteiger partial charge in [-0.05, 0) is 13.0 Å². The smallest absolute Gasteiger partial charge is 0.200 e. The Bertz CT molecular complexity index is 819. The molecule has 0 saturated carbocycles. The number of halogens is 5. The summed E-state index contributed by atoms with van der Waals surface area (Å²) in [5.41, 5.74) is 1.93. The van der Waals surface area contributed by atoms with Crippen molar-refractivity contribution >= 4 is 11.9 Å². The molecule has 1 N–H and O–H groups in total. The van der Waals surface area contributed by atoms with E-state index in [1.807, 2.05) is 6.07 Å². The van der Waals surface area contributed by atoms with E-state index in [0.717, 1.165) is 6.21 Å². The Balaban J connectivity index is 2.34. The minimum Gasteiger partial charge on any atom is -0.339 e. The molecule has 0 aliphatic rings. The molecule has 0 aliphatic carbocycles. The van der Waals surface area contributed by atoms with Crippen LogP contribution in [0, 0.1) is 47.3 Å². The Morgan fingerprint density at radius 2 is 1.61 bits per heavy atom. The van der Waals surface area contributed by atoms with Crippen molar-refractivity contribution < 1.29 is 22.0 Å². The predicted octanol–water partition coefficient (Wildman–Crippen LogP) is 3.35. The zero-order valence-electron chi connectivity index (χ0n) is 11.9. The SMILES string of the molecule is Cc1c(/C=N\Nc2c(F)c(F)c(F)c(F)c2F)cc(C#N)n1C. The first-order chi connectivity index (χ1) is 10.8. The molecule has 0 atom stereocenters. The van der Waals surface area contributed by atoms with Crippen molar-refractivity contribution in [1.82, 2.24) is 4.57 Å². The molecule has 0 amide bonds. The molecule has 4 nitrogen and oxygen atoms in total. The molecule has 2 rings (SSSR count). The highest BCUT2D eigenvalue weighted by Gasteiger charge is 2.25. The van der Waals surface area contributed by atoms with Crippen molar-refractivity contribution in [3.63, 3.8) is 0 Å². The van der Waals surface area contributed by atoms with E-state index in [1.165, 1.54) is 6.07 Å². The van der Waals surface area contributed by atoms with Crippen LogP contribution in [-0.2, 0) is 7.05 Å². The van der Waals surface area contributed by atoms with Crippen molar-refractivity contribution in [2.75, 3.05) is 5.43 Å². The number of hydrogen-bond acceptors (Lipinski definition) is 3. The van der Waals surface area contributed by atoms with Gasteiger partial charge in [-0.2, -0.15) is 10.4 Å². The van der Waals surface area contributed by atoms with Gasteiger partial charge < -0.3 is 4.57 Å². The van der Waals surface area contributed by atoms with Crippen LogP contribution >= 0.6 is 0 Å². The minimum atomic E-state index is -2.24. The lowest BCUT2D eigenvalue weighted by molar-refractivity contribution is 0.381. The van der Waals surface area contributed by atoms with Gasteiger partial charge in [0.25, 0.3) is 0 Å². The van der Waals surface area contributed by atoms with E-state index in [1.54, 1.807) is 24.0 Å². The van der Waals surface area contributed by atoms with Gasteiger partial charge in [-0.3, -0.25) is 5.43 Å². The Morgan fingerprint density at radius 3 is 2.09 bits per heavy atom. The van der Waals surface area contributed by atoms with Gasteiger partial charge in [0, 0.05) is 18.3 Å². The van der Waals surface area contributed by atoms with Gasteiger partial charge in [0.1, 0.15) is 17.5 Å². The van der Waals surface area contributed by atoms with Crippen LogP contribution in [0.15, 0.2) is 11.2 Å². The van der Waals surface area contributed by atoms with Crippen LogP contribution in [0.3, 0.4) is 0 Å². The highest BCUT2D eigenvalue weighted by molar-refractivity contribution is 5.82. The molecule has 0 fully saturated rings. The number of benzene rings is 1. The van der Waals surface area contributed by atoms with Crippen LogP contribution in [0.2, 0.25) is 0 Å². The first kappa shape index (κ1) is 16.5. The van der Waals surface area contributed by atoms with E-state index in [-0.39, 0.29) is 0 Å². The van der Waals surface area contributed by atoms with E-state index in [2.05, 4.69) is 5.10 Å². The van der Waals surface area contributed by atoms with Crippen LogP contribution in [0.5, 0.6) is 0 Å². The first-order valence-corrected chi connectivity index (χ1v) is 6.16. The predicted molar refractivity (Wildman–Crippen MR) is 72.3 cm³/mol. The molecule has 0 unspecified atom stereocenters. The van der Waals surface area contributed by atoms with Crippen molar-refractivity contribution in [1.29, 1.82) is 5.26 Å². The second kappa shape index (κ2) is 6.08. The van der Waals surface area contributed by atoms with E-state index < -0.39 is 34.8 Å². The van der Waals surface area contributed by atoms with Crippen molar-refractivity contribution in [3.8, 4) is 6.07 Å². The number of hydrazone groups is 1. The molecule has 1 heterocycles. The molecule has 9 heteroatoms. The number of aromatic nitrogens is 1. The Hall–Kier alpha value is -2.89. The summed E-state index contributed by atoms with van der Waals surface area (Å²) in [6, 6.07) is 3.38. The third kappa shape index (κ3) is 2.75. The van der Waals surface area contributed by atoms with E-state index >= 15 is 0 Å². The molecule has 120 valence electrons. The van der Waals surface area contributed by atoms with Gasteiger partial charge in [0.15, 0.2) is 23.3 Å². The van der Waals surface area contributed by atoms with Crippen LogP contribution in [0.4, 0.5) is 27.6 Å². The molecule has 0 spiro atoms. The summed E-state index contributed by atoms with van der Waals surface area (Å²) in [5.74, 6) is -10.4. The number of anilines is 1. The fourth-order valence-corrected chi connectivity index (χ4v) is 1.83. The van der Waals surface area contributed by atoms with Gasteiger partial charge in [-0.1, -0.05) is 0 Å². The lowest BCUT2D eigenvalue weighted by Gasteiger charge is -2.06. The molecule has 1 aromatic heterocycles. The Kier molecular flexibility index (Phi) is 4.36. The highest BCUT2D eigenvalue weighted by atomic mass is 19.2. The summed E-state index contributed by atoms with van der Waals surface area (Å²) in [6.45, 7) is 1.67. The number of hydrogen-bond donors (Lipinski definition) is 1. The second-order valence-electron chi connectivity index (χ2n) is 4.56. The minimum absolute atomic E-state index is 0.320. The molecule has 2 aromatic rings. The fraction of sp³-hybridized carbons (Fsp3) is 0.143. The van der Waals surface area contributed by atoms with Crippen molar-refractivity contribution in [2.45, 2.75) is 6.92 Å². The maximum Gasteiger partial charge on any atom is 0.200 e. The number of nitrogens with one attached hydrogen (secondary N) is 1. The summed E-state index contributed by atoms with van der Waals surface area (Å²) in [7, 11) is 1.63. The summed E-state index contributed by atoms with van der Waals surface area (Å²) >= 11 is 0. The summed E-state index contributed by atoms with van der Waals surface area (Å²) in [5, 5.41) is 12.3. The standard InChI is InChI=1S/C14H9F5N4/c1-6-7(3-8(4-20)23(6)2)5-21-22-14-12(18)10(16)9(15)11(17)13(14)19/h3,5,22H,1-2H3/b21-5-. The number of nitriles is 1. The van der Waals surface area contributed by atoms with Crippen molar-refractivity contribution in [2.24, 2.45) is 12.1 Å². The Morgan fingerprint density at radius 1 is 1.09 bits per heavy atom. The van der Waals surface area contributed by atoms with Gasteiger partial charge in [0.2, 0.25) is 5.82 Å². The van der Waals surface area contributed by atoms with Gasteiger partial charge >= 0.3 is 0 Å². The molecule has 0 saturated heterocycles. The molecule has 0 bridgehead atoms. The topological polar surface area (TPSA) is 53.1 Å². The summed E-state index contributed by atoms with van der Waals surface area (Å²) in [6.07, 6.45) is 1.11. The molecular weight excluding hydrogens is 319 g/mol. The number of rotatable bonds is 3. The van der Waals surface area contributed by atoms with Crippen LogP contribution in [-0.4, -0.2) is 10.8 Å². The number of nitrogens with zero attached hydrogens (tertiary/aromatic N) is 3. The highest BCUT2D eigenvalue weighted by Crippen LogP contribution is 2.27. The third-order valence-corrected chi connectivity index (χ3v) is 3.28. The first-order valence-electron chi connectivity index (χ1n) is 6.16. The summed E-state index contributed by atoms with van der Waals surface area (Å²) in [4.78, 5) is 0. The average molecular weight is 328 g/mol. The average Bonchev–Trinajstić information content (AvgIpc) is 2.82. The lowest BCUT2D eigenvalue weighted by Crippen LogP contribution is -2.06. The molecule has 23 heavy (non-hydrogen) atoms. The van der Waals surface area contributed by atoms with Gasteiger partial charge in [-0.25, -0.2) is 22.0 Å². The lowest BCUT2D eigenvalue weighted by atomic mass is 10.2. The monoisotopic (exact) mass is 328 g/mol. The van der Waals surface area contributed by atoms with E-state index in [0.29, 0.717) is 17.0 Å². The van der Waals surface area contributed by atoms with Gasteiger partial charge in [0.05, 0.1) is 6.21 Å². The largest absolute Gasteiger partial charge is 0.339 e. The normalized spacial score (nSPS) is 11.0. The molecule has 0 radical (unpaired) electrons. The third-order valence-electron chi connectivity index (χ3n) is 3.28.